The Bertz CT molecular complexity index is 318. The van der Waals surface area contributed by atoms with Crippen LogP contribution in [0.2, 0.25) is 0 Å². The molecule has 0 aromatic carbocycles. The Hall–Kier alpha value is -0.380. The molecule has 0 atom stereocenters. The maximum absolute atomic E-state index is 3.46. The predicted molar refractivity (Wildman–Crippen MR) is 77.5 cm³/mol. The van der Waals surface area contributed by atoms with Crippen molar-refractivity contribution in [3.8, 4) is 0 Å². The van der Waals surface area contributed by atoms with Crippen molar-refractivity contribution in [3.63, 3.8) is 0 Å². The van der Waals surface area contributed by atoms with Crippen LogP contribution in [0.1, 0.15) is 37.4 Å². The Morgan fingerprint density at radius 3 is 2.41 bits per heavy atom. The molecule has 1 heterocycles. The van der Waals surface area contributed by atoms with Crippen LogP contribution in [0.4, 0.5) is 0 Å². The first kappa shape index (κ1) is 14.7. The van der Waals surface area contributed by atoms with Crippen LogP contribution in [0.5, 0.6) is 0 Å². The van der Waals surface area contributed by atoms with Crippen molar-refractivity contribution in [1.29, 1.82) is 0 Å². The summed E-state index contributed by atoms with van der Waals surface area (Å²) in [5, 5.41) is 3.46. The van der Waals surface area contributed by atoms with E-state index < -0.39 is 0 Å². The van der Waals surface area contributed by atoms with Crippen LogP contribution < -0.4 is 5.32 Å². The van der Waals surface area contributed by atoms with Gasteiger partial charge >= 0.3 is 0 Å². The molecule has 0 spiro atoms. The van der Waals surface area contributed by atoms with Gasteiger partial charge in [-0.05, 0) is 25.1 Å². The molecular weight excluding hydrogens is 228 g/mol. The molecule has 0 saturated heterocycles. The normalized spacial score (nSPS) is 12.0. The Morgan fingerprint density at radius 2 is 1.82 bits per heavy atom. The van der Waals surface area contributed by atoms with Gasteiger partial charge in [0.15, 0.2) is 0 Å². The van der Waals surface area contributed by atoms with Crippen molar-refractivity contribution in [2.45, 2.75) is 46.8 Å². The predicted octanol–water partition coefficient (Wildman–Crippen LogP) is 3.33. The number of rotatable bonds is 7. The molecule has 0 aliphatic heterocycles. The summed E-state index contributed by atoms with van der Waals surface area (Å²) < 4.78 is 0. The van der Waals surface area contributed by atoms with Crippen molar-refractivity contribution in [2.75, 3.05) is 13.6 Å². The first-order chi connectivity index (χ1) is 7.97. The van der Waals surface area contributed by atoms with E-state index in [1.807, 2.05) is 11.3 Å². The van der Waals surface area contributed by atoms with E-state index in [4.69, 9.17) is 0 Å². The molecule has 1 N–H and O–H groups in total. The molecule has 0 bridgehead atoms. The topological polar surface area (TPSA) is 15.3 Å². The molecule has 0 fully saturated rings. The minimum absolute atomic E-state index is 0.559. The fraction of sp³-hybridized carbons (Fsp3) is 0.714. The van der Waals surface area contributed by atoms with E-state index in [0.29, 0.717) is 6.04 Å². The summed E-state index contributed by atoms with van der Waals surface area (Å²) in [5.74, 6) is 0.738. The van der Waals surface area contributed by atoms with Crippen molar-refractivity contribution < 1.29 is 0 Å². The summed E-state index contributed by atoms with van der Waals surface area (Å²) in [7, 11) is 2.20. The lowest BCUT2D eigenvalue weighted by atomic mass is 10.2. The molecule has 17 heavy (non-hydrogen) atoms. The molecule has 0 aliphatic rings. The van der Waals surface area contributed by atoms with E-state index in [9.17, 15) is 0 Å². The van der Waals surface area contributed by atoms with Crippen LogP contribution in [-0.4, -0.2) is 24.5 Å². The molecule has 98 valence electrons. The smallest absolute Gasteiger partial charge is 0.0325 e. The van der Waals surface area contributed by atoms with Crippen LogP contribution in [0.15, 0.2) is 12.1 Å². The molecule has 0 radical (unpaired) electrons. The van der Waals surface area contributed by atoms with Gasteiger partial charge in [0, 0.05) is 35.4 Å². The Balaban J connectivity index is 2.39. The number of nitrogens with zero attached hydrogens (tertiary/aromatic N) is 1. The van der Waals surface area contributed by atoms with Gasteiger partial charge in [0.05, 0.1) is 0 Å². The van der Waals surface area contributed by atoms with Crippen LogP contribution in [0, 0.1) is 5.92 Å². The van der Waals surface area contributed by atoms with Crippen LogP contribution in [-0.2, 0) is 13.1 Å². The zero-order valence-corrected chi connectivity index (χ0v) is 12.6. The molecule has 1 aromatic heterocycles. The first-order valence-corrected chi connectivity index (χ1v) is 7.28. The largest absolute Gasteiger partial charge is 0.310 e. The van der Waals surface area contributed by atoms with Crippen molar-refractivity contribution in [3.05, 3.63) is 21.9 Å². The maximum atomic E-state index is 3.46. The van der Waals surface area contributed by atoms with Crippen molar-refractivity contribution >= 4 is 11.3 Å². The SMILES string of the molecule is CC(C)CN(C)Cc1ccc(CNC(C)C)s1. The zero-order chi connectivity index (χ0) is 12.8. The summed E-state index contributed by atoms with van der Waals surface area (Å²) in [6.45, 7) is 12.1. The number of thiophene rings is 1. The molecule has 0 unspecified atom stereocenters. The Labute approximate surface area is 110 Å². The zero-order valence-electron chi connectivity index (χ0n) is 11.8. The third kappa shape index (κ3) is 6.20. The third-order valence-electron chi connectivity index (χ3n) is 2.50. The highest BCUT2D eigenvalue weighted by molar-refractivity contribution is 7.11. The standard InChI is InChI=1S/C14H26N2S/c1-11(2)9-16(5)10-14-7-6-13(17-14)8-15-12(3)4/h6-7,11-12,15H,8-10H2,1-5H3. The van der Waals surface area contributed by atoms with Crippen molar-refractivity contribution in [1.82, 2.24) is 10.2 Å². The molecular formula is C14H26N2S. The molecule has 2 nitrogen and oxygen atoms in total. The summed E-state index contributed by atoms with van der Waals surface area (Å²) in [6, 6.07) is 5.07. The van der Waals surface area contributed by atoms with Crippen molar-refractivity contribution in [2.24, 2.45) is 5.92 Å². The van der Waals surface area contributed by atoms with E-state index in [1.165, 1.54) is 9.75 Å². The number of hydrogen-bond donors (Lipinski definition) is 1. The molecule has 0 amide bonds. The highest BCUT2D eigenvalue weighted by Crippen LogP contribution is 2.18. The first-order valence-electron chi connectivity index (χ1n) is 6.47. The van der Waals surface area contributed by atoms with Gasteiger partial charge in [-0.15, -0.1) is 11.3 Å². The number of nitrogens with one attached hydrogen (secondary N) is 1. The average Bonchev–Trinajstić information content (AvgIpc) is 2.61. The monoisotopic (exact) mass is 254 g/mol. The van der Waals surface area contributed by atoms with Gasteiger partial charge in [-0.1, -0.05) is 27.7 Å². The summed E-state index contributed by atoms with van der Waals surface area (Å²) in [6.07, 6.45) is 0. The quantitative estimate of drug-likeness (QED) is 0.803. The minimum Gasteiger partial charge on any atom is -0.310 e. The van der Waals surface area contributed by atoms with Gasteiger partial charge in [-0.25, -0.2) is 0 Å². The van der Waals surface area contributed by atoms with Gasteiger partial charge in [-0.3, -0.25) is 0 Å². The van der Waals surface area contributed by atoms with E-state index in [0.717, 1.165) is 25.6 Å². The maximum Gasteiger partial charge on any atom is 0.0325 e. The highest BCUT2D eigenvalue weighted by Gasteiger charge is 2.05. The van der Waals surface area contributed by atoms with Gasteiger partial charge in [0.25, 0.3) is 0 Å². The molecule has 3 heteroatoms. The molecule has 0 saturated carbocycles. The van der Waals surface area contributed by atoms with E-state index in [1.54, 1.807) is 0 Å². The molecule has 1 aromatic rings. The van der Waals surface area contributed by atoms with Crippen LogP contribution in [0.25, 0.3) is 0 Å². The lowest BCUT2D eigenvalue weighted by Gasteiger charge is -2.17. The number of hydrogen-bond acceptors (Lipinski definition) is 3. The summed E-state index contributed by atoms with van der Waals surface area (Å²) >= 11 is 1.93. The van der Waals surface area contributed by atoms with Crippen LogP contribution in [0.3, 0.4) is 0 Å². The van der Waals surface area contributed by atoms with E-state index in [2.05, 4.69) is 57.1 Å². The van der Waals surface area contributed by atoms with Gasteiger partial charge in [-0.2, -0.15) is 0 Å². The molecule has 0 aliphatic carbocycles. The second-order valence-corrected chi connectivity index (χ2v) is 6.75. The summed E-state index contributed by atoms with van der Waals surface area (Å²) in [5.41, 5.74) is 0. The Kier molecular flexibility index (Phi) is 6.17. The second-order valence-electron chi connectivity index (χ2n) is 5.49. The van der Waals surface area contributed by atoms with Gasteiger partial charge < -0.3 is 10.2 Å². The van der Waals surface area contributed by atoms with Gasteiger partial charge in [0.2, 0.25) is 0 Å². The van der Waals surface area contributed by atoms with E-state index in [-0.39, 0.29) is 0 Å². The second kappa shape index (κ2) is 7.14. The molecule has 1 rings (SSSR count). The fourth-order valence-corrected chi connectivity index (χ4v) is 2.91. The minimum atomic E-state index is 0.559. The summed E-state index contributed by atoms with van der Waals surface area (Å²) in [4.78, 5) is 5.30. The lowest BCUT2D eigenvalue weighted by Crippen LogP contribution is -2.22. The fourth-order valence-electron chi connectivity index (χ4n) is 1.86. The Morgan fingerprint density at radius 1 is 1.18 bits per heavy atom. The average molecular weight is 254 g/mol. The third-order valence-corrected chi connectivity index (χ3v) is 3.57. The van der Waals surface area contributed by atoms with E-state index >= 15 is 0 Å². The highest BCUT2D eigenvalue weighted by atomic mass is 32.1. The van der Waals surface area contributed by atoms with Crippen LogP contribution >= 0.6 is 11.3 Å². The lowest BCUT2D eigenvalue weighted by molar-refractivity contribution is 0.291. The van der Waals surface area contributed by atoms with Gasteiger partial charge in [0.1, 0.15) is 0 Å².